The third kappa shape index (κ3) is 5.12. The topological polar surface area (TPSA) is 47.0 Å². The van der Waals surface area contributed by atoms with Gasteiger partial charge in [-0.2, -0.15) is 0 Å². The second kappa shape index (κ2) is 10.8. The van der Waals surface area contributed by atoms with Crippen LogP contribution >= 0.6 is 0 Å². The summed E-state index contributed by atoms with van der Waals surface area (Å²) < 4.78 is 0. The number of hydrogen-bond donors (Lipinski definition) is 1. The molecular weight excluding hydrogens is 446 g/mol. The number of nitrogens with zero attached hydrogens (tertiary/aromatic N) is 3. The highest BCUT2D eigenvalue weighted by Crippen LogP contribution is 2.29. The van der Waals surface area contributed by atoms with Crippen LogP contribution in [0.4, 0.5) is 11.4 Å². The molecule has 2 atom stereocenters. The van der Waals surface area contributed by atoms with Crippen LogP contribution in [0, 0.1) is 19.8 Å². The van der Waals surface area contributed by atoms with Crippen LogP contribution in [0.1, 0.15) is 33.5 Å². The van der Waals surface area contributed by atoms with E-state index in [1.807, 2.05) is 30.0 Å². The van der Waals surface area contributed by atoms with Crippen molar-refractivity contribution in [1.29, 1.82) is 0 Å². The van der Waals surface area contributed by atoms with Crippen LogP contribution in [-0.4, -0.2) is 61.3 Å². The molecule has 3 aromatic rings. The Hall–Kier alpha value is -3.31. The van der Waals surface area contributed by atoms with Crippen molar-refractivity contribution in [1.82, 2.24) is 4.90 Å². The number of amides is 1. The highest BCUT2D eigenvalue weighted by Gasteiger charge is 2.31. The Bertz CT molecular complexity index is 1180. The zero-order chi connectivity index (χ0) is 25.1. The number of aryl methyl sites for hydroxylation is 2. The van der Waals surface area contributed by atoms with E-state index in [2.05, 4.69) is 71.3 Å². The number of carbonyl (C=O) groups is 1. The summed E-state index contributed by atoms with van der Waals surface area (Å²) in [5, 5.41) is 10.1. The quantitative estimate of drug-likeness (QED) is 0.552. The molecule has 36 heavy (non-hydrogen) atoms. The molecule has 1 N–H and O–H groups in total. The van der Waals surface area contributed by atoms with Gasteiger partial charge in [0.05, 0.1) is 12.6 Å². The molecule has 0 radical (unpaired) electrons. The monoisotopic (exact) mass is 483 g/mol. The SMILES string of the molecule is Cc1cc(C)c(C(=O)N2CCN(c3ccccc3)C(CO)C2)cc1CC1CCN(c2ccccc2)C1. The van der Waals surface area contributed by atoms with Crippen molar-refractivity contribution in [2.75, 3.05) is 49.1 Å². The van der Waals surface area contributed by atoms with Gasteiger partial charge in [0.1, 0.15) is 0 Å². The molecule has 1 amide bonds. The summed E-state index contributed by atoms with van der Waals surface area (Å²) in [6, 6.07) is 25.0. The minimum atomic E-state index is -0.0993. The summed E-state index contributed by atoms with van der Waals surface area (Å²) in [6.07, 6.45) is 2.17. The second-order valence-electron chi connectivity index (χ2n) is 10.4. The van der Waals surface area contributed by atoms with Gasteiger partial charge in [0.15, 0.2) is 0 Å². The number of hydrogen-bond acceptors (Lipinski definition) is 4. The van der Waals surface area contributed by atoms with Gasteiger partial charge in [-0.15, -0.1) is 0 Å². The summed E-state index contributed by atoms with van der Waals surface area (Å²) in [6.45, 7) is 8.27. The van der Waals surface area contributed by atoms with Gasteiger partial charge >= 0.3 is 0 Å². The summed E-state index contributed by atoms with van der Waals surface area (Å²) in [4.78, 5) is 20.3. The predicted molar refractivity (Wildman–Crippen MR) is 147 cm³/mol. The highest BCUT2D eigenvalue weighted by atomic mass is 16.3. The Morgan fingerprint density at radius 2 is 1.56 bits per heavy atom. The van der Waals surface area contributed by atoms with Crippen LogP contribution in [0.15, 0.2) is 72.8 Å². The van der Waals surface area contributed by atoms with Crippen molar-refractivity contribution in [3.8, 4) is 0 Å². The first-order valence-corrected chi connectivity index (χ1v) is 13.2. The maximum atomic E-state index is 13.7. The lowest BCUT2D eigenvalue weighted by atomic mass is 9.91. The van der Waals surface area contributed by atoms with Crippen LogP contribution in [0.5, 0.6) is 0 Å². The first kappa shape index (κ1) is 24.4. The van der Waals surface area contributed by atoms with E-state index in [1.165, 1.54) is 23.2 Å². The van der Waals surface area contributed by atoms with Gasteiger partial charge in [0.2, 0.25) is 0 Å². The van der Waals surface area contributed by atoms with Crippen molar-refractivity contribution < 1.29 is 9.90 Å². The van der Waals surface area contributed by atoms with Crippen LogP contribution < -0.4 is 9.80 Å². The van der Waals surface area contributed by atoms with Gasteiger partial charge < -0.3 is 19.8 Å². The molecular formula is C31H37N3O2. The highest BCUT2D eigenvalue weighted by molar-refractivity contribution is 5.96. The van der Waals surface area contributed by atoms with E-state index in [-0.39, 0.29) is 18.6 Å². The van der Waals surface area contributed by atoms with Crippen LogP contribution in [0.3, 0.4) is 0 Å². The Balaban J connectivity index is 1.29. The normalized spacial score (nSPS) is 20.1. The van der Waals surface area contributed by atoms with Crippen molar-refractivity contribution >= 4 is 17.3 Å². The van der Waals surface area contributed by atoms with Gasteiger partial charge in [-0.05, 0) is 79.6 Å². The maximum Gasteiger partial charge on any atom is 0.254 e. The molecule has 5 heteroatoms. The number of rotatable bonds is 6. The van der Waals surface area contributed by atoms with Gasteiger partial charge in [0, 0.05) is 49.7 Å². The van der Waals surface area contributed by atoms with Crippen LogP contribution in [0.25, 0.3) is 0 Å². The van der Waals surface area contributed by atoms with E-state index in [0.29, 0.717) is 19.0 Å². The summed E-state index contributed by atoms with van der Waals surface area (Å²) >= 11 is 0. The Morgan fingerprint density at radius 1 is 0.861 bits per heavy atom. The molecule has 2 heterocycles. The molecule has 0 aliphatic carbocycles. The lowest BCUT2D eigenvalue weighted by Crippen LogP contribution is -2.56. The molecule has 5 nitrogen and oxygen atoms in total. The van der Waals surface area contributed by atoms with Crippen molar-refractivity contribution in [3.63, 3.8) is 0 Å². The minimum absolute atomic E-state index is 0.0242. The number of anilines is 2. The standard InChI is InChI=1S/C31H37N3O2/c1-23-17-24(2)30(19-26(23)18-25-13-14-32(20-25)27-9-5-3-6-10-27)31(36)33-15-16-34(29(21-33)22-35)28-11-7-4-8-12-28/h3-12,17,19,25,29,35H,13-16,18,20-22H2,1-2H3. The number of aliphatic hydroxyl groups excluding tert-OH is 1. The molecule has 0 spiro atoms. The molecule has 0 saturated carbocycles. The second-order valence-corrected chi connectivity index (χ2v) is 10.4. The first-order valence-electron chi connectivity index (χ1n) is 13.2. The number of carbonyl (C=O) groups excluding carboxylic acids is 1. The Kier molecular flexibility index (Phi) is 7.28. The number of para-hydroxylation sites is 2. The van der Waals surface area contributed by atoms with E-state index >= 15 is 0 Å². The molecule has 0 aromatic heterocycles. The first-order chi connectivity index (χ1) is 17.5. The van der Waals surface area contributed by atoms with Gasteiger partial charge in [-0.1, -0.05) is 42.5 Å². The fourth-order valence-electron chi connectivity index (χ4n) is 5.86. The zero-order valence-electron chi connectivity index (χ0n) is 21.4. The number of piperazine rings is 1. The molecule has 2 saturated heterocycles. The fraction of sp³-hybridized carbons (Fsp3) is 0.387. The molecule has 0 bridgehead atoms. The average molecular weight is 484 g/mol. The third-order valence-corrected chi connectivity index (χ3v) is 7.90. The van der Waals surface area contributed by atoms with E-state index in [4.69, 9.17) is 0 Å². The summed E-state index contributed by atoms with van der Waals surface area (Å²) in [5.41, 5.74) is 6.78. The molecule has 2 fully saturated rings. The van der Waals surface area contributed by atoms with Crippen LogP contribution in [0.2, 0.25) is 0 Å². The van der Waals surface area contributed by atoms with Gasteiger partial charge in [-0.25, -0.2) is 0 Å². The minimum Gasteiger partial charge on any atom is -0.394 e. The third-order valence-electron chi connectivity index (χ3n) is 7.90. The lowest BCUT2D eigenvalue weighted by molar-refractivity contribution is 0.0698. The number of benzene rings is 3. The van der Waals surface area contributed by atoms with E-state index in [0.717, 1.165) is 42.9 Å². The van der Waals surface area contributed by atoms with Crippen molar-refractivity contribution in [2.45, 2.75) is 32.7 Å². The maximum absolute atomic E-state index is 13.7. The van der Waals surface area contributed by atoms with Gasteiger partial charge in [-0.3, -0.25) is 4.79 Å². The van der Waals surface area contributed by atoms with E-state index < -0.39 is 0 Å². The Morgan fingerprint density at radius 3 is 2.25 bits per heavy atom. The Labute approximate surface area is 215 Å². The fourth-order valence-corrected chi connectivity index (χ4v) is 5.86. The lowest BCUT2D eigenvalue weighted by Gasteiger charge is -2.42. The largest absolute Gasteiger partial charge is 0.394 e. The molecule has 2 aliphatic rings. The van der Waals surface area contributed by atoms with E-state index in [9.17, 15) is 9.90 Å². The van der Waals surface area contributed by atoms with E-state index in [1.54, 1.807) is 0 Å². The molecule has 2 unspecified atom stereocenters. The number of aliphatic hydroxyl groups is 1. The van der Waals surface area contributed by atoms with Crippen molar-refractivity contribution in [2.24, 2.45) is 5.92 Å². The average Bonchev–Trinajstić information content (AvgIpc) is 3.39. The molecule has 3 aromatic carbocycles. The molecule has 188 valence electrons. The van der Waals surface area contributed by atoms with Crippen molar-refractivity contribution in [3.05, 3.63) is 95.1 Å². The summed E-state index contributed by atoms with van der Waals surface area (Å²) in [7, 11) is 0. The molecule has 2 aliphatic heterocycles. The van der Waals surface area contributed by atoms with Gasteiger partial charge in [0.25, 0.3) is 5.91 Å². The van der Waals surface area contributed by atoms with Crippen LogP contribution in [-0.2, 0) is 6.42 Å². The predicted octanol–water partition coefficient (Wildman–Crippen LogP) is 4.70. The molecule has 5 rings (SSSR count). The zero-order valence-corrected chi connectivity index (χ0v) is 21.4. The summed E-state index contributed by atoms with van der Waals surface area (Å²) in [5.74, 6) is 0.667. The smallest absolute Gasteiger partial charge is 0.254 e.